The minimum atomic E-state index is 0.433. The molecule has 2 heterocycles. The molecule has 2 aromatic heterocycles. The molecule has 2 N–H and O–H groups in total. The Bertz CT molecular complexity index is 428. The molecule has 0 saturated heterocycles. The van der Waals surface area contributed by atoms with Crippen LogP contribution < -0.4 is 0 Å². The molecular weight excluding hydrogens is 200 g/mol. The van der Waals surface area contributed by atoms with Gasteiger partial charge in [-0.3, -0.25) is 0 Å². The molecule has 2 rings (SSSR count). The van der Waals surface area contributed by atoms with Gasteiger partial charge in [0, 0.05) is 35.6 Å². The fourth-order valence-electron chi connectivity index (χ4n) is 1.75. The van der Waals surface area contributed by atoms with Crippen LogP contribution in [-0.2, 0) is 6.42 Å². The predicted octanol–water partition coefficient (Wildman–Crippen LogP) is 2.60. The van der Waals surface area contributed by atoms with Gasteiger partial charge in [0.2, 0.25) is 0 Å². The molecule has 0 aliphatic rings. The van der Waals surface area contributed by atoms with E-state index < -0.39 is 0 Å². The standard InChI is InChI=1S/C12H18N4/c1-8(2)12-14-5-10(16-12)4-9(3)11-6-13-7-15-11/h5-9H,4H2,1-3H3,(H,13,15)(H,14,16). The Hall–Kier alpha value is -1.58. The first-order valence-corrected chi connectivity index (χ1v) is 5.69. The van der Waals surface area contributed by atoms with Gasteiger partial charge in [-0.05, 0) is 6.42 Å². The van der Waals surface area contributed by atoms with Gasteiger partial charge in [0.1, 0.15) is 5.82 Å². The Labute approximate surface area is 95.5 Å². The first-order valence-electron chi connectivity index (χ1n) is 5.69. The quantitative estimate of drug-likeness (QED) is 0.828. The molecule has 0 bridgehead atoms. The van der Waals surface area contributed by atoms with Crippen LogP contribution in [-0.4, -0.2) is 19.9 Å². The van der Waals surface area contributed by atoms with Gasteiger partial charge in [-0.25, -0.2) is 9.97 Å². The number of aromatic nitrogens is 4. The minimum absolute atomic E-state index is 0.433. The van der Waals surface area contributed by atoms with Crippen molar-refractivity contribution in [2.24, 2.45) is 0 Å². The fourth-order valence-corrected chi connectivity index (χ4v) is 1.75. The molecule has 1 unspecified atom stereocenters. The molecule has 86 valence electrons. The van der Waals surface area contributed by atoms with E-state index >= 15 is 0 Å². The summed E-state index contributed by atoms with van der Waals surface area (Å²) in [6.07, 6.45) is 6.49. The maximum Gasteiger partial charge on any atom is 0.108 e. The van der Waals surface area contributed by atoms with E-state index in [2.05, 4.69) is 40.7 Å². The van der Waals surface area contributed by atoms with Gasteiger partial charge < -0.3 is 9.97 Å². The summed E-state index contributed by atoms with van der Waals surface area (Å²) in [6, 6.07) is 0. The van der Waals surface area contributed by atoms with Crippen LogP contribution >= 0.6 is 0 Å². The smallest absolute Gasteiger partial charge is 0.108 e. The molecule has 4 heteroatoms. The SMILES string of the molecule is CC(C)c1ncc(CC(C)c2cnc[nH]2)[nH]1. The van der Waals surface area contributed by atoms with Crippen molar-refractivity contribution in [1.82, 2.24) is 19.9 Å². The maximum absolute atomic E-state index is 4.37. The third-order valence-corrected chi connectivity index (χ3v) is 2.77. The van der Waals surface area contributed by atoms with Crippen LogP contribution in [0.2, 0.25) is 0 Å². The number of hydrogen-bond donors (Lipinski definition) is 2. The van der Waals surface area contributed by atoms with Crippen molar-refractivity contribution in [3.8, 4) is 0 Å². The summed E-state index contributed by atoms with van der Waals surface area (Å²) in [5.41, 5.74) is 2.35. The zero-order chi connectivity index (χ0) is 11.5. The van der Waals surface area contributed by atoms with Crippen LogP contribution in [0.25, 0.3) is 0 Å². The Morgan fingerprint density at radius 1 is 1.25 bits per heavy atom. The monoisotopic (exact) mass is 218 g/mol. The lowest BCUT2D eigenvalue weighted by Crippen LogP contribution is -1.99. The van der Waals surface area contributed by atoms with Crippen LogP contribution in [0.3, 0.4) is 0 Å². The van der Waals surface area contributed by atoms with Crippen molar-refractivity contribution in [1.29, 1.82) is 0 Å². The van der Waals surface area contributed by atoms with Crippen molar-refractivity contribution < 1.29 is 0 Å². The maximum atomic E-state index is 4.37. The summed E-state index contributed by atoms with van der Waals surface area (Å²) >= 11 is 0. The zero-order valence-corrected chi connectivity index (χ0v) is 9.99. The Balaban J connectivity index is 2.03. The molecule has 0 aliphatic heterocycles. The highest BCUT2D eigenvalue weighted by Crippen LogP contribution is 2.18. The number of nitrogens with zero attached hydrogens (tertiary/aromatic N) is 2. The lowest BCUT2D eigenvalue weighted by molar-refractivity contribution is 0.716. The van der Waals surface area contributed by atoms with Gasteiger partial charge in [0.25, 0.3) is 0 Å². The Kier molecular flexibility index (Phi) is 3.08. The van der Waals surface area contributed by atoms with Crippen molar-refractivity contribution in [3.63, 3.8) is 0 Å². The fraction of sp³-hybridized carbons (Fsp3) is 0.500. The molecule has 0 fully saturated rings. The third-order valence-electron chi connectivity index (χ3n) is 2.77. The van der Waals surface area contributed by atoms with Gasteiger partial charge in [-0.2, -0.15) is 0 Å². The topological polar surface area (TPSA) is 57.4 Å². The largest absolute Gasteiger partial charge is 0.348 e. The molecule has 0 aromatic carbocycles. The van der Waals surface area contributed by atoms with E-state index in [9.17, 15) is 0 Å². The van der Waals surface area contributed by atoms with Crippen molar-refractivity contribution in [2.45, 2.75) is 39.0 Å². The average molecular weight is 218 g/mol. The van der Waals surface area contributed by atoms with Gasteiger partial charge >= 0.3 is 0 Å². The molecule has 1 atom stereocenters. The average Bonchev–Trinajstić information content (AvgIpc) is 2.87. The van der Waals surface area contributed by atoms with E-state index in [4.69, 9.17) is 0 Å². The number of H-pyrrole nitrogens is 2. The molecule has 0 saturated carbocycles. The summed E-state index contributed by atoms with van der Waals surface area (Å²) in [5, 5.41) is 0. The summed E-state index contributed by atoms with van der Waals surface area (Å²) in [6.45, 7) is 6.46. The first kappa shape index (κ1) is 10.9. The molecule has 0 aliphatic carbocycles. The molecule has 2 aromatic rings. The van der Waals surface area contributed by atoms with E-state index in [-0.39, 0.29) is 0 Å². The summed E-state index contributed by atoms with van der Waals surface area (Å²) in [7, 11) is 0. The highest BCUT2D eigenvalue weighted by molar-refractivity contribution is 5.10. The second-order valence-electron chi connectivity index (χ2n) is 4.56. The summed E-state index contributed by atoms with van der Waals surface area (Å²) in [4.78, 5) is 14.9. The first-order chi connectivity index (χ1) is 7.66. The number of imidazole rings is 2. The van der Waals surface area contributed by atoms with E-state index in [1.54, 1.807) is 6.33 Å². The zero-order valence-electron chi connectivity index (χ0n) is 9.99. The number of hydrogen-bond acceptors (Lipinski definition) is 2. The van der Waals surface area contributed by atoms with E-state index in [0.717, 1.165) is 12.2 Å². The van der Waals surface area contributed by atoms with Crippen molar-refractivity contribution in [2.75, 3.05) is 0 Å². The van der Waals surface area contributed by atoms with E-state index in [1.165, 1.54) is 11.4 Å². The Morgan fingerprint density at radius 2 is 2.06 bits per heavy atom. The molecule has 16 heavy (non-hydrogen) atoms. The van der Waals surface area contributed by atoms with Gasteiger partial charge in [0.15, 0.2) is 0 Å². The highest BCUT2D eigenvalue weighted by Gasteiger charge is 2.10. The summed E-state index contributed by atoms with van der Waals surface area (Å²) in [5.74, 6) is 1.95. The number of aromatic amines is 2. The van der Waals surface area contributed by atoms with Crippen molar-refractivity contribution in [3.05, 3.63) is 35.9 Å². The number of rotatable bonds is 4. The minimum Gasteiger partial charge on any atom is -0.348 e. The molecular formula is C12H18N4. The normalized spacial score (nSPS) is 13.2. The lowest BCUT2D eigenvalue weighted by atomic mass is 10.0. The van der Waals surface area contributed by atoms with Crippen LogP contribution in [0.5, 0.6) is 0 Å². The molecule has 4 nitrogen and oxygen atoms in total. The highest BCUT2D eigenvalue weighted by atomic mass is 14.9. The Morgan fingerprint density at radius 3 is 2.62 bits per heavy atom. The third kappa shape index (κ3) is 2.32. The van der Waals surface area contributed by atoms with Gasteiger partial charge in [-0.15, -0.1) is 0 Å². The lowest BCUT2D eigenvalue weighted by Gasteiger charge is -2.07. The van der Waals surface area contributed by atoms with E-state index in [0.29, 0.717) is 11.8 Å². The van der Waals surface area contributed by atoms with Crippen LogP contribution in [0.15, 0.2) is 18.7 Å². The second kappa shape index (κ2) is 4.51. The summed E-state index contributed by atoms with van der Waals surface area (Å²) < 4.78 is 0. The van der Waals surface area contributed by atoms with E-state index in [1.807, 2.05) is 12.4 Å². The van der Waals surface area contributed by atoms with Gasteiger partial charge in [-0.1, -0.05) is 20.8 Å². The van der Waals surface area contributed by atoms with Crippen LogP contribution in [0, 0.1) is 0 Å². The molecule has 0 radical (unpaired) electrons. The second-order valence-corrected chi connectivity index (χ2v) is 4.56. The van der Waals surface area contributed by atoms with Crippen LogP contribution in [0.1, 0.15) is 49.8 Å². The van der Waals surface area contributed by atoms with Crippen LogP contribution in [0.4, 0.5) is 0 Å². The van der Waals surface area contributed by atoms with Gasteiger partial charge in [0.05, 0.1) is 6.33 Å². The predicted molar refractivity (Wildman–Crippen MR) is 63.4 cm³/mol. The molecule has 0 amide bonds. The molecule has 0 spiro atoms. The number of nitrogens with one attached hydrogen (secondary N) is 2. The van der Waals surface area contributed by atoms with Crippen molar-refractivity contribution >= 4 is 0 Å².